The standard InChI is InChI=1S/C4H9NO2SSe.Na.H2Se.H/c1-9-5-3(2-8)4(6)7;;;/h3,5,8H,2H2,1H3,(H,6,7);;1H2;. The third-order valence-electron chi connectivity index (χ3n) is 0.741. The van der Waals surface area contributed by atoms with E-state index in [2.05, 4.69) is 17.0 Å². The van der Waals surface area contributed by atoms with E-state index < -0.39 is 12.0 Å². The molecular formula is C4H12NNaO2SSe2. The molecule has 0 aromatic rings. The molecule has 0 heterocycles. The molecule has 0 spiro atoms. The molecular weight excluding hydrogens is 307 g/mol. The molecule has 0 radical (unpaired) electrons. The number of nitrogens with one attached hydrogen (secondary N) is 1. The van der Waals surface area contributed by atoms with Crippen LogP contribution >= 0.6 is 12.6 Å². The Balaban J connectivity index is -0.000000320. The topological polar surface area (TPSA) is 49.3 Å². The van der Waals surface area contributed by atoms with Crippen LogP contribution in [0.25, 0.3) is 0 Å². The third-order valence-corrected chi connectivity index (χ3v) is 2.20. The zero-order valence-electron chi connectivity index (χ0n) is 5.50. The second kappa shape index (κ2) is 11.8. The Bertz CT molecular complexity index is 108. The Morgan fingerprint density at radius 1 is 1.82 bits per heavy atom. The number of aliphatic carboxylic acids is 1. The van der Waals surface area contributed by atoms with Crippen LogP contribution in [0.1, 0.15) is 0 Å². The number of carboxylic acid groups (broad SMARTS) is 1. The van der Waals surface area contributed by atoms with Crippen molar-refractivity contribution in [2.24, 2.45) is 0 Å². The molecule has 0 amide bonds. The third kappa shape index (κ3) is 9.74. The van der Waals surface area contributed by atoms with Gasteiger partial charge in [-0.1, -0.05) is 0 Å². The summed E-state index contributed by atoms with van der Waals surface area (Å²) in [5.74, 6) is 1.45. The van der Waals surface area contributed by atoms with E-state index in [1.807, 2.05) is 5.82 Å². The van der Waals surface area contributed by atoms with Crippen LogP contribution < -0.4 is 4.33 Å². The second-order valence-corrected chi connectivity index (χ2v) is 3.11. The van der Waals surface area contributed by atoms with E-state index in [0.29, 0.717) is 5.75 Å². The molecule has 0 fully saturated rings. The van der Waals surface area contributed by atoms with E-state index in [1.165, 1.54) is 0 Å². The molecule has 0 rings (SSSR count). The van der Waals surface area contributed by atoms with Gasteiger partial charge in [-0.05, 0) is 0 Å². The van der Waals surface area contributed by atoms with Crippen LogP contribution in [0.15, 0.2) is 0 Å². The SMILES string of the molecule is C[Se]NC(CS)C(=O)O.[NaH].[SeH2]. The van der Waals surface area contributed by atoms with Gasteiger partial charge in [-0.15, -0.1) is 0 Å². The van der Waals surface area contributed by atoms with Crippen molar-refractivity contribution in [2.45, 2.75) is 11.9 Å². The fourth-order valence-corrected chi connectivity index (χ4v) is 1.82. The summed E-state index contributed by atoms with van der Waals surface area (Å²) >= 11 is 4.06. The molecule has 11 heavy (non-hydrogen) atoms. The monoisotopic (exact) mass is 321 g/mol. The number of carboxylic acids is 1. The van der Waals surface area contributed by atoms with Crippen molar-refractivity contribution in [3.63, 3.8) is 0 Å². The summed E-state index contributed by atoms with van der Waals surface area (Å²) < 4.78 is 2.82. The molecule has 64 valence electrons. The summed E-state index contributed by atoms with van der Waals surface area (Å²) in [7, 11) is 0. The fourth-order valence-electron chi connectivity index (χ4n) is 0.308. The zero-order valence-corrected chi connectivity index (χ0v) is 10.2. The average molecular weight is 319 g/mol. The van der Waals surface area contributed by atoms with Gasteiger partial charge in [-0.25, -0.2) is 0 Å². The Morgan fingerprint density at radius 3 is 2.36 bits per heavy atom. The van der Waals surface area contributed by atoms with Gasteiger partial charge in [-0.3, -0.25) is 0 Å². The normalized spacial score (nSPS) is 10.7. The Morgan fingerprint density at radius 2 is 2.27 bits per heavy atom. The van der Waals surface area contributed by atoms with E-state index in [-0.39, 0.29) is 61.8 Å². The van der Waals surface area contributed by atoms with Gasteiger partial charge < -0.3 is 0 Å². The van der Waals surface area contributed by atoms with Crippen LogP contribution in [0.2, 0.25) is 5.82 Å². The number of carbonyl (C=O) groups is 1. The van der Waals surface area contributed by atoms with Gasteiger partial charge in [0.25, 0.3) is 0 Å². The average Bonchev–Trinajstić information content (AvgIpc) is 1.82. The summed E-state index contributed by atoms with van der Waals surface area (Å²) in [6.07, 6.45) is 0. The van der Waals surface area contributed by atoms with Crippen LogP contribution in [0.5, 0.6) is 0 Å². The van der Waals surface area contributed by atoms with E-state index >= 15 is 0 Å². The van der Waals surface area contributed by atoms with E-state index in [9.17, 15) is 4.79 Å². The van der Waals surface area contributed by atoms with Gasteiger partial charge in [0.1, 0.15) is 0 Å². The minimum absolute atomic E-state index is 0. The Hall–Kier alpha value is 1.82. The number of hydrogen-bond donors (Lipinski definition) is 3. The van der Waals surface area contributed by atoms with Crippen LogP contribution in [-0.4, -0.2) is 84.7 Å². The molecule has 0 aliphatic rings. The van der Waals surface area contributed by atoms with Crippen molar-refractivity contribution in [1.82, 2.24) is 4.33 Å². The first kappa shape index (κ1) is 18.6. The maximum atomic E-state index is 10.2. The molecule has 1 unspecified atom stereocenters. The molecule has 0 saturated carbocycles. The van der Waals surface area contributed by atoms with Gasteiger partial charge in [0, 0.05) is 0 Å². The van der Waals surface area contributed by atoms with Crippen molar-refractivity contribution in [3.8, 4) is 0 Å². The van der Waals surface area contributed by atoms with Crippen molar-refractivity contribution >= 4 is 80.4 Å². The molecule has 3 nitrogen and oxygen atoms in total. The number of hydrogen-bond acceptors (Lipinski definition) is 3. The summed E-state index contributed by atoms with van der Waals surface area (Å²) in [6, 6.07) is -0.474. The molecule has 7 heteroatoms. The number of thiol groups is 1. The van der Waals surface area contributed by atoms with Crippen LogP contribution in [-0.2, 0) is 4.79 Å². The molecule has 0 aliphatic carbocycles. The summed E-state index contributed by atoms with van der Waals surface area (Å²) in [6.45, 7) is 0. The van der Waals surface area contributed by atoms with Crippen molar-refractivity contribution < 1.29 is 9.90 Å². The maximum absolute atomic E-state index is 10.2. The summed E-state index contributed by atoms with van der Waals surface area (Å²) in [5.41, 5.74) is 0. The van der Waals surface area contributed by atoms with Crippen LogP contribution in [0.3, 0.4) is 0 Å². The van der Waals surface area contributed by atoms with Crippen molar-refractivity contribution in [1.29, 1.82) is 0 Å². The first-order valence-corrected chi connectivity index (χ1v) is 5.54. The van der Waals surface area contributed by atoms with Crippen LogP contribution in [0, 0.1) is 0 Å². The van der Waals surface area contributed by atoms with E-state index in [4.69, 9.17) is 5.11 Å². The fraction of sp³-hybridized carbons (Fsp3) is 0.750. The van der Waals surface area contributed by atoms with Crippen molar-refractivity contribution in [3.05, 3.63) is 0 Å². The first-order valence-electron chi connectivity index (χ1n) is 2.34. The van der Waals surface area contributed by atoms with E-state index in [1.54, 1.807) is 0 Å². The van der Waals surface area contributed by atoms with Crippen molar-refractivity contribution in [2.75, 3.05) is 5.75 Å². The predicted molar refractivity (Wildman–Crippen MR) is 55.7 cm³/mol. The quantitative estimate of drug-likeness (QED) is 0.418. The van der Waals surface area contributed by atoms with Gasteiger partial charge in [0.15, 0.2) is 0 Å². The van der Waals surface area contributed by atoms with Gasteiger partial charge in [0.2, 0.25) is 0 Å². The van der Waals surface area contributed by atoms with E-state index in [0.717, 1.165) is 0 Å². The summed E-state index contributed by atoms with van der Waals surface area (Å²) in [4.78, 5) is 10.2. The molecule has 0 saturated heterocycles. The van der Waals surface area contributed by atoms with Gasteiger partial charge in [-0.2, -0.15) is 0 Å². The Kier molecular flexibility index (Phi) is 20.0. The molecule has 2 N–H and O–H groups in total. The molecule has 0 aliphatic heterocycles. The number of rotatable bonds is 4. The second-order valence-electron chi connectivity index (χ2n) is 1.40. The zero-order chi connectivity index (χ0) is 7.28. The van der Waals surface area contributed by atoms with Gasteiger partial charge in [0.05, 0.1) is 0 Å². The van der Waals surface area contributed by atoms with Gasteiger partial charge >= 0.3 is 112 Å². The molecule has 0 aromatic heterocycles. The minimum atomic E-state index is -0.825. The molecule has 0 bridgehead atoms. The van der Waals surface area contributed by atoms with Crippen LogP contribution in [0.4, 0.5) is 0 Å². The first-order chi connectivity index (χ1) is 4.22. The summed E-state index contributed by atoms with van der Waals surface area (Å²) in [5, 5.41) is 8.40. The Labute approximate surface area is 111 Å². The predicted octanol–water partition coefficient (Wildman–Crippen LogP) is -1.94. The molecule has 0 aromatic carbocycles. The molecule has 1 atom stereocenters.